The third-order valence-corrected chi connectivity index (χ3v) is 5.30. The van der Waals surface area contributed by atoms with E-state index in [4.69, 9.17) is 4.74 Å². The molecule has 0 aliphatic rings. The highest BCUT2D eigenvalue weighted by Crippen LogP contribution is 2.37. The summed E-state index contributed by atoms with van der Waals surface area (Å²) in [6.45, 7) is 1.99. The van der Waals surface area contributed by atoms with Crippen molar-refractivity contribution in [3.63, 3.8) is 0 Å². The number of aromatic nitrogens is 2. The van der Waals surface area contributed by atoms with Gasteiger partial charge in [0.25, 0.3) is 0 Å². The second-order valence-corrected chi connectivity index (χ2v) is 7.67. The Morgan fingerprint density at radius 3 is 2.26 bits per heavy atom. The molecular weight excluding hydrogens is 412 g/mol. The molecule has 0 aliphatic carbocycles. The van der Waals surface area contributed by atoms with E-state index in [1.807, 2.05) is 61.5 Å². The molecule has 0 saturated carbocycles. The highest BCUT2D eigenvalue weighted by molar-refractivity contribution is 7.99. The zero-order valence-electron chi connectivity index (χ0n) is 16.6. The van der Waals surface area contributed by atoms with Crippen LogP contribution in [0.2, 0.25) is 0 Å². The van der Waals surface area contributed by atoms with Gasteiger partial charge in [-0.2, -0.15) is 0 Å². The zero-order valence-corrected chi connectivity index (χ0v) is 17.4. The normalized spacial score (nSPS) is 10.5. The molecule has 31 heavy (non-hydrogen) atoms. The second kappa shape index (κ2) is 9.27. The molecular formula is C23H18N4O3S. The molecule has 8 heteroatoms. The lowest BCUT2D eigenvalue weighted by atomic mass is 10.2. The van der Waals surface area contributed by atoms with E-state index in [-0.39, 0.29) is 16.5 Å². The third-order valence-electron chi connectivity index (χ3n) is 4.30. The van der Waals surface area contributed by atoms with Crippen LogP contribution in [0.3, 0.4) is 0 Å². The molecule has 0 bridgehead atoms. The largest absolute Gasteiger partial charge is 0.457 e. The minimum absolute atomic E-state index is 0.131. The van der Waals surface area contributed by atoms with Crippen LogP contribution in [0.15, 0.2) is 95.1 Å². The van der Waals surface area contributed by atoms with Crippen LogP contribution < -0.4 is 10.1 Å². The Kier molecular flexibility index (Phi) is 6.09. The molecule has 0 atom stereocenters. The van der Waals surface area contributed by atoms with Gasteiger partial charge in [-0.05, 0) is 55.5 Å². The topological polar surface area (TPSA) is 90.2 Å². The molecule has 0 unspecified atom stereocenters. The Bertz CT molecular complexity index is 1180. The fraction of sp³-hybridized carbons (Fsp3) is 0.0435. The summed E-state index contributed by atoms with van der Waals surface area (Å²) in [6, 6.07) is 24.3. The first-order chi connectivity index (χ1) is 15.1. The molecule has 1 heterocycles. The van der Waals surface area contributed by atoms with Crippen LogP contribution in [0.25, 0.3) is 0 Å². The summed E-state index contributed by atoms with van der Waals surface area (Å²) in [5.74, 6) is 1.52. The zero-order chi connectivity index (χ0) is 21.6. The number of nitro groups is 1. The van der Waals surface area contributed by atoms with E-state index in [0.29, 0.717) is 11.4 Å². The monoisotopic (exact) mass is 430 g/mol. The Hall–Kier alpha value is -3.91. The fourth-order valence-corrected chi connectivity index (χ4v) is 3.64. The van der Waals surface area contributed by atoms with Crippen molar-refractivity contribution in [2.75, 3.05) is 5.32 Å². The molecule has 154 valence electrons. The summed E-state index contributed by atoms with van der Waals surface area (Å²) >= 11 is 1.23. The van der Waals surface area contributed by atoms with Gasteiger partial charge in [0.05, 0.1) is 4.92 Å². The van der Waals surface area contributed by atoms with Crippen LogP contribution in [0, 0.1) is 17.0 Å². The van der Waals surface area contributed by atoms with Gasteiger partial charge >= 0.3 is 5.69 Å². The SMILES string of the molecule is Cc1ccc(Sc2ncnc(Nc3ccc(Oc4ccccc4)cc3)c2[N+](=O)[O-])cc1. The van der Waals surface area contributed by atoms with Crippen molar-refractivity contribution in [3.05, 3.63) is 101 Å². The van der Waals surface area contributed by atoms with E-state index in [1.165, 1.54) is 18.1 Å². The van der Waals surface area contributed by atoms with Gasteiger partial charge in [-0.15, -0.1) is 0 Å². The first-order valence-electron chi connectivity index (χ1n) is 9.42. The molecule has 0 amide bonds. The summed E-state index contributed by atoms with van der Waals surface area (Å²) in [7, 11) is 0. The Labute approximate surface area is 183 Å². The van der Waals surface area contributed by atoms with Crippen molar-refractivity contribution < 1.29 is 9.66 Å². The number of aryl methyl sites for hydroxylation is 1. The number of rotatable bonds is 7. The van der Waals surface area contributed by atoms with Gasteiger partial charge in [-0.25, -0.2) is 9.97 Å². The number of para-hydroxylation sites is 1. The Balaban J connectivity index is 1.55. The van der Waals surface area contributed by atoms with Gasteiger partial charge in [-0.3, -0.25) is 10.1 Å². The van der Waals surface area contributed by atoms with E-state index in [1.54, 1.807) is 24.3 Å². The summed E-state index contributed by atoms with van der Waals surface area (Å²) in [5.41, 5.74) is 1.59. The lowest BCUT2D eigenvalue weighted by Crippen LogP contribution is -2.02. The number of hydrogen-bond acceptors (Lipinski definition) is 7. The van der Waals surface area contributed by atoms with Crippen molar-refractivity contribution in [3.8, 4) is 11.5 Å². The van der Waals surface area contributed by atoms with E-state index < -0.39 is 4.92 Å². The maximum absolute atomic E-state index is 11.8. The molecule has 0 fully saturated rings. The maximum atomic E-state index is 11.8. The predicted molar refractivity (Wildman–Crippen MR) is 120 cm³/mol. The average Bonchev–Trinajstić information content (AvgIpc) is 2.77. The summed E-state index contributed by atoms with van der Waals surface area (Å²) in [6.07, 6.45) is 1.32. The first kappa shape index (κ1) is 20.4. The third kappa shape index (κ3) is 5.18. The van der Waals surface area contributed by atoms with Gasteiger partial charge < -0.3 is 10.1 Å². The van der Waals surface area contributed by atoms with Crippen molar-refractivity contribution in [2.24, 2.45) is 0 Å². The highest BCUT2D eigenvalue weighted by Gasteiger charge is 2.24. The molecule has 7 nitrogen and oxygen atoms in total. The minimum Gasteiger partial charge on any atom is -0.457 e. The molecule has 0 spiro atoms. The predicted octanol–water partition coefficient (Wildman–Crippen LogP) is 6.38. The molecule has 0 radical (unpaired) electrons. The van der Waals surface area contributed by atoms with E-state index in [9.17, 15) is 10.1 Å². The van der Waals surface area contributed by atoms with Gasteiger partial charge in [0.15, 0.2) is 5.03 Å². The smallest absolute Gasteiger partial charge is 0.343 e. The summed E-state index contributed by atoms with van der Waals surface area (Å²) in [5, 5.41) is 15.1. The van der Waals surface area contributed by atoms with Crippen LogP contribution in [-0.2, 0) is 0 Å². The summed E-state index contributed by atoms with van der Waals surface area (Å²) in [4.78, 5) is 20.4. The van der Waals surface area contributed by atoms with Crippen LogP contribution in [0.5, 0.6) is 11.5 Å². The van der Waals surface area contributed by atoms with Crippen molar-refractivity contribution in [1.82, 2.24) is 9.97 Å². The molecule has 4 aromatic rings. The van der Waals surface area contributed by atoms with E-state index in [0.717, 1.165) is 16.2 Å². The van der Waals surface area contributed by atoms with E-state index in [2.05, 4.69) is 15.3 Å². The molecule has 0 saturated heterocycles. The van der Waals surface area contributed by atoms with Crippen LogP contribution in [0.4, 0.5) is 17.2 Å². The maximum Gasteiger partial charge on any atom is 0.343 e. The number of ether oxygens (including phenoxy) is 1. The van der Waals surface area contributed by atoms with Gasteiger partial charge in [0.2, 0.25) is 5.82 Å². The second-order valence-electron chi connectivity index (χ2n) is 6.61. The number of nitrogens with zero attached hydrogens (tertiary/aromatic N) is 3. The van der Waals surface area contributed by atoms with Crippen molar-refractivity contribution in [2.45, 2.75) is 16.8 Å². The average molecular weight is 430 g/mol. The quantitative estimate of drug-likeness (QED) is 0.207. The number of nitrogens with one attached hydrogen (secondary N) is 1. The highest BCUT2D eigenvalue weighted by atomic mass is 32.2. The molecule has 3 aromatic carbocycles. The lowest BCUT2D eigenvalue weighted by molar-refractivity contribution is -0.387. The van der Waals surface area contributed by atoms with Gasteiger partial charge in [-0.1, -0.05) is 47.7 Å². The Morgan fingerprint density at radius 1 is 0.903 bits per heavy atom. The standard InChI is InChI=1S/C23H18N4O3S/c1-16-7-13-20(14-8-16)31-23-21(27(28)29)22(24-15-25-23)26-17-9-11-19(12-10-17)30-18-5-3-2-4-6-18/h2-15H,1H3,(H,24,25,26). The fourth-order valence-electron chi connectivity index (χ4n) is 2.78. The summed E-state index contributed by atoms with van der Waals surface area (Å²) < 4.78 is 5.77. The van der Waals surface area contributed by atoms with Crippen LogP contribution in [0.1, 0.15) is 5.56 Å². The van der Waals surface area contributed by atoms with Crippen molar-refractivity contribution >= 4 is 29.0 Å². The van der Waals surface area contributed by atoms with Gasteiger partial charge in [0, 0.05) is 10.6 Å². The minimum atomic E-state index is -0.467. The number of anilines is 2. The molecule has 4 rings (SSSR count). The molecule has 0 aliphatic heterocycles. The molecule has 1 aromatic heterocycles. The van der Waals surface area contributed by atoms with Gasteiger partial charge in [0.1, 0.15) is 17.8 Å². The number of benzene rings is 3. The first-order valence-corrected chi connectivity index (χ1v) is 10.2. The lowest BCUT2D eigenvalue weighted by Gasteiger charge is -2.10. The Morgan fingerprint density at radius 2 is 1.58 bits per heavy atom. The molecule has 1 N–H and O–H groups in total. The van der Waals surface area contributed by atoms with Crippen LogP contribution in [-0.4, -0.2) is 14.9 Å². The van der Waals surface area contributed by atoms with Crippen LogP contribution >= 0.6 is 11.8 Å². The van der Waals surface area contributed by atoms with Crippen molar-refractivity contribution in [1.29, 1.82) is 0 Å². The van der Waals surface area contributed by atoms with E-state index >= 15 is 0 Å². The number of hydrogen-bond donors (Lipinski definition) is 1.